The van der Waals surface area contributed by atoms with Gasteiger partial charge < -0.3 is 4.90 Å². The number of carbonyl (C=O) groups is 1. The summed E-state index contributed by atoms with van der Waals surface area (Å²) in [6.07, 6.45) is 5.58. The summed E-state index contributed by atoms with van der Waals surface area (Å²) in [7, 11) is 0. The van der Waals surface area contributed by atoms with Gasteiger partial charge in [-0.2, -0.15) is 9.78 Å². The molecule has 0 spiro atoms. The molecule has 7 heteroatoms. The average Bonchev–Trinajstić information content (AvgIpc) is 3.46. The molecule has 1 saturated heterocycles. The van der Waals surface area contributed by atoms with Crippen LogP contribution in [0, 0.1) is 12.7 Å². The van der Waals surface area contributed by atoms with E-state index in [0.717, 1.165) is 66.0 Å². The number of amides is 1. The van der Waals surface area contributed by atoms with Gasteiger partial charge in [-0.3, -0.25) is 4.79 Å². The van der Waals surface area contributed by atoms with E-state index in [-0.39, 0.29) is 17.8 Å². The number of aromatic nitrogens is 4. The molecule has 168 valence electrons. The van der Waals surface area contributed by atoms with Gasteiger partial charge in [0.1, 0.15) is 5.82 Å². The maximum absolute atomic E-state index is 13.1. The Labute approximate surface area is 192 Å². The molecule has 4 aromatic rings. The molecule has 4 heterocycles. The van der Waals surface area contributed by atoms with Crippen molar-refractivity contribution in [1.82, 2.24) is 24.6 Å². The lowest BCUT2D eigenvalue weighted by atomic mass is 10.1. The van der Waals surface area contributed by atoms with E-state index in [1.807, 2.05) is 36.1 Å². The summed E-state index contributed by atoms with van der Waals surface area (Å²) in [4.78, 5) is 24.4. The Morgan fingerprint density at radius 3 is 2.76 bits per heavy atom. The minimum Gasteiger partial charge on any atom is -0.334 e. The van der Waals surface area contributed by atoms with Crippen LogP contribution in [0.25, 0.3) is 16.9 Å². The lowest BCUT2D eigenvalue weighted by Gasteiger charge is -2.24. The molecule has 0 bridgehead atoms. The normalized spacial score (nSPS) is 15.9. The van der Waals surface area contributed by atoms with E-state index >= 15 is 0 Å². The van der Waals surface area contributed by atoms with E-state index in [1.54, 1.807) is 23.0 Å². The molecule has 1 aromatic carbocycles. The number of hydrogen-bond acceptors (Lipinski definition) is 4. The van der Waals surface area contributed by atoms with E-state index in [4.69, 9.17) is 4.98 Å². The molecule has 1 amide bonds. The Kier molecular flexibility index (Phi) is 5.86. The molecule has 0 unspecified atom stereocenters. The topological polar surface area (TPSA) is 63.9 Å². The summed E-state index contributed by atoms with van der Waals surface area (Å²) in [6, 6.07) is 16.3. The van der Waals surface area contributed by atoms with Crippen molar-refractivity contribution in [2.75, 3.05) is 6.54 Å². The van der Waals surface area contributed by atoms with Crippen LogP contribution in [0.4, 0.5) is 4.39 Å². The third-order valence-corrected chi connectivity index (χ3v) is 6.29. The Morgan fingerprint density at radius 2 is 1.97 bits per heavy atom. The minimum atomic E-state index is -0.237. The first kappa shape index (κ1) is 21.2. The number of halogens is 1. The van der Waals surface area contributed by atoms with Crippen molar-refractivity contribution in [3.05, 3.63) is 83.6 Å². The van der Waals surface area contributed by atoms with Gasteiger partial charge in [-0.15, -0.1) is 0 Å². The standard InChI is InChI=1S/C26H26FN5O/c1-18-21-14-15-22(29-26(21)32(30-18)24-8-2-3-16-28-24)23-7-5-17-31(23)25(33)9-4-6-19-10-12-20(27)13-11-19/h2-3,8,10-16,23H,4-7,9,17H2,1H3/t23-/m1/s1. The van der Waals surface area contributed by atoms with Gasteiger partial charge >= 0.3 is 0 Å². The van der Waals surface area contributed by atoms with Crippen LogP contribution >= 0.6 is 0 Å². The fraction of sp³-hybridized carbons (Fsp3) is 0.308. The van der Waals surface area contributed by atoms with Crippen LogP contribution in [0.2, 0.25) is 0 Å². The van der Waals surface area contributed by atoms with Crippen molar-refractivity contribution in [3.63, 3.8) is 0 Å². The highest BCUT2D eigenvalue weighted by molar-refractivity contribution is 5.80. The number of fused-ring (bicyclic) bond motifs is 1. The van der Waals surface area contributed by atoms with Gasteiger partial charge in [0.05, 0.1) is 17.4 Å². The van der Waals surface area contributed by atoms with Crippen molar-refractivity contribution in [2.24, 2.45) is 0 Å². The number of pyridine rings is 2. The van der Waals surface area contributed by atoms with Crippen LogP contribution in [-0.4, -0.2) is 37.1 Å². The second-order valence-corrected chi connectivity index (χ2v) is 8.52. The molecule has 0 N–H and O–H groups in total. The molecule has 6 nitrogen and oxygen atoms in total. The predicted octanol–water partition coefficient (Wildman–Crippen LogP) is 4.95. The van der Waals surface area contributed by atoms with Gasteiger partial charge in [-0.25, -0.2) is 14.4 Å². The first-order valence-corrected chi connectivity index (χ1v) is 11.4. The maximum Gasteiger partial charge on any atom is 0.223 e. The third kappa shape index (κ3) is 4.35. The zero-order valence-corrected chi connectivity index (χ0v) is 18.6. The summed E-state index contributed by atoms with van der Waals surface area (Å²) in [5.74, 6) is 0.634. The minimum absolute atomic E-state index is 0.0277. The van der Waals surface area contributed by atoms with E-state index in [2.05, 4.69) is 16.1 Å². The number of likely N-dealkylation sites (tertiary alicyclic amines) is 1. The van der Waals surface area contributed by atoms with Gasteiger partial charge in [0.25, 0.3) is 0 Å². The SMILES string of the molecule is Cc1nn(-c2ccccn2)c2nc([C@H]3CCCN3C(=O)CCCc3ccc(F)cc3)ccc12. The highest BCUT2D eigenvalue weighted by Gasteiger charge is 2.31. The molecular weight excluding hydrogens is 417 g/mol. The van der Waals surface area contributed by atoms with Gasteiger partial charge in [-0.1, -0.05) is 18.2 Å². The molecule has 0 radical (unpaired) electrons. The number of benzene rings is 1. The highest BCUT2D eigenvalue weighted by atomic mass is 19.1. The van der Waals surface area contributed by atoms with Crippen molar-refractivity contribution >= 4 is 16.9 Å². The van der Waals surface area contributed by atoms with Crippen molar-refractivity contribution < 1.29 is 9.18 Å². The Morgan fingerprint density at radius 1 is 1.12 bits per heavy atom. The molecule has 1 fully saturated rings. The van der Waals surface area contributed by atoms with E-state index in [9.17, 15) is 9.18 Å². The van der Waals surface area contributed by atoms with E-state index < -0.39 is 0 Å². The lowest BCUT2D eigenvalue weighted by Crippen LogP contribution is -2.30. The fourth-order valence-corrected chi connectivity index (χ4v) is 4.59. The molecule has 0 saturated carbocycles. The number of aryl methyl sites for hydroxylation is 2. The van der Waals surface area contributed by atoms with E-state index in [0.29, 0.717) is 6.42 Å². The molecule has 1 aliphatic rings. The van der Waals surface area contributed by atoms with Crippen LogP contribution in [0.1, 0.15) is 48.7 Å². The van der Waals surface area contributed by atoms with Crippen LogP contribution < -0.4 is 0 Å². The molecule has 33 heavy (non-hydrogen) atoms. The number of rotatable bonds is 6. The summed E-state index contributed by atoms with van der Waals surface area (Å²) in [6.45, 7) is 2.72. The Hall–Kier alpha value is -3.61. The average molecular weight is 444 g/mol. The van der Waals surface area contributed by atoms with Gasteiger partial charge in [0, 0.05) is 24.5 Å². The second kappa shape index (κ2) is 9.10. The second-order valence-electron chi connectivity index (χ2n) is 8.52. The molecule has 1 atom stereocenters. The van der Waals surface area contributed by atoms with Crippen LogP contribution in [-0.2, 0) is 11.2 Å². The predicted molar refractivity (Wildman–Crippen MR) is 124 cm³/mol. The van der Waals surface area contributed by atoms with Gasteiger partial charge in [-0.05, 0) is 74.6 Å². The zero-order chi connectivity index (χ0) is 22.8. The molecule has 3 aromatic heterocycles. The monoisotopic (exact) mass is 443 g/mol. The quantitative estimate of drug-likeness (QED) is 0.423. The first-order chi connectivity index (χ1) is 16.1. The zero-order valence-electron chi connectivity index (χ0n) is 18.6. The Bertz CT molecular complexity index is 1270. The molecule has 5 rings (SSSR count). The van der Waals surface area contributed by atoms with Crippen molar-refractivity contribution in [2.45, 2.75) is 45.1 Å². The molecule has 1 aliphatic heterocycles. The molecule has 0 aliphatic carbocycles. The number of carbonyl (C=O) groups excluding carboxylic acids is 1. The number of hydrogen-bond donors (Lipinski definition) is 0. The Balaban J connectivity index is 1.34. The van der Waals surface area contributed by atoms with Gasteiger partial charge in [0.15, 0.2) is 11.5 Å². The third-order valence-electron chi connectivity index (χ3n) is 6.29. The lowest BCUT2D eigenvalue weighted by molar-refractivity contribution is -0.132. The van der Waals surface area contributed by atoms with Crippen LogP contribution in [0.15, 0.2) is 60.8 Å². The first-order valence-electron chi connectivity index (χ1n) is 11.4. The summed E-state index contributed by atoms with van der Waals surface area (Å²) in [5.41, 5.74) is 3.60. The molecular formula is C26H26FN5O. The summed E-state index contributed by atoms with van der Waals surface area (Å²) in [5, 5.41) is 5.63. The van der Waals surface area contributed by atoms with Gasteiger partial charge in [0.2, 0.25) is 5.91 Å². The number of nitrogens with zero attached hydrogens (tertiary/aromatic N) is 5. The summed E-state index contributed by atoms with van der Waals surface area (Å²) >= 11 is 0. The largest absolute Gasteiger partial charge is 0.334 e. The fourth-order valence-electron chi connectivity index (χ4n) is 4.59. The van der Waals surface area contributed by atoms with Crippen molar-refractivity contribution in [1.29, 1.82) is 0 Å². The maximum atomic E-state index is 13.1. The summed E-state index contributed by atoms with van der Waals surface area (Å²) < 4.78 is 14.9. The van der Waals surface area contributed by atoms with Crippen LogP contribution in [0.5, 0.6) is 0 Å². The van der Waals surface area contributed by atoms with Crippen LogP contribution in [0.3, 0.4) is 0 Å². The van der Waals surface area contributed by atoms with E-state index in [1.165, 1.54) is 12.1 Å². The van der Waals surface area contributed by atoms with Crippen molar-refractivity contribution in [3.8, 4) is 5.82 Å². The highest BCUT2D eigenvalue weighted by Crippen LogP contribution is 2.33. The smallest absolute Gasteiger partial charge is 0.223 e.